The van der Waals surface area contributed by atoms with Crippen molar-refractivity contribution in [3.8, 4) is 0 Å². The molecule has 5 nitrogen and oxygen atoms in total. The van der Waals surface area contributed by atoms with Gasteiger partial charge in [0.1, 0.15) is 0 Å². The Morgan fingerprint density at radius 1 is 1.47 bits per heavy atom. The lowest BCUT2D eigenvalue weighted by Crippen LogP contribution is -2.24. The summed E-state index contributed by atoms with van der Waals surface area (Å²) in [4.78, 5) is 28.1. The number of nitrogens with one attached hydrogen (secondary N) is 2. The minimum atomic E-state index is -0.508. The lowest BCUT2D eigenvalue weighted by molar-refractivity contribution is 0.124. The quantitative estimate of drug-likeness (QED) is 0.783. The molecule has 1 aromatic rings. The third-order valence-corrected chi connectivity index (χ3v) is 2.05. The molecule has 0 aliphatic heterocycles. The van der Waals surface area contributed by atoms with Gasteiger partial charge in [0.05, 0.1) is 18.8 Å². The summed E-state index contributed by atoms with van der Waals surface area (Å²) in [5, 5.41) is 0. The Kier molecular flexibility index (Phi) is 5.06. The third kappa shape index (κ3) is 4.26. The minimum Gasteiger partial charge on any atom is -0.376 e. The molecule has 0 unspecified atom stereocenters. The molecule has 0 saturated carbocycles. The second kappa shape index (κ2) is 6.36. The van der Waals surface area contributed by atoms with E-state index >= 15 is 0 Å². The van der Waals surface area contributed by atoms with Crippen LogP contribution >= 0.6 is 15.9 Å². The van der Waals surface area contributed by atoms with Gasteiger partial charge in [-0.1, -0.05) is 22.0 Å². The third-order valence-electron chi connectivity index (χ3n) is 1.67. The smallest absolute Gasteiger partial charge is 0.325 e. The molecule has 0 amide bonds. The maximum Gasteiger partial charge on any atom is 0.325 e. The van der Waals surface area contributed by atoms with Crippen LogP contribution in [0.4, 0.5) is 0 Å². The summed E-state index contributed by atoms with van der Waals surface area (Å²) in [7, 11) is 0. The Morgan fingerprint density at radius 3 is 2.93 bits per heavy atom. The fraction of sp³-hybridized carbons (Fsp3) is 0.333. The number of hydrogen-bond donors (Lipinski definition) is 2. The molecule has 0 aliphatic rings. The topological polar surface area (TPSA) is 75.0 Å². The summed E-state index contributed by atoms with van der Waals surface area (Å²) in [5.74, 6) is 0. The zero-order chi connectivity index (χ0) is 11.1. The van der Waals surface area contributed by atoms with E-state index in [0.717, 1.165) is 6.42 Å². The largest absolute Gasteiger partial charge is 0.376 e. The monoisotopic (exact) mass is 274 g/mol. The lowest BCUT2D eigenvalue weighted by atomic mass is 10.3. The van der Waals surface area contributed by atoms with Crippen LogP contribution in [0.5, 0.6) is 0 Å². The summed E-state index contributed by atoms with van der Waals surface area (Å²) >= 11 is 3.14. The predicted octanol–water partition coefficient (Wildman–Crippen LogP) is 0.878. The zero-order valence-corrected chi connectivity index (χ0v) is 9.54. The van der Waals surface area contributed by atoms with Gasteiger partial charge in [-0.25, -0.2) is 4.79 Å². The molecule has 0 spiro atoms. The molecule has 1 rings (SSSR count). The zero-order valence-electron chi connectivity index (χ0n) is 7.96. The van der Waals surface area contributed by atoms with Crippen molar-refractivity contribution in [2.24, 2.45) is 0 Å². The van der Waals surface area contributed by atoms with E-state index in [2.05, 4.69) is 25.9 Å². The first-order valence-corrected chi connectivity index (χ1v) is 5.29. The highest BCUT2D eigenvalue weighted by atomic mass is 79.9. The molecule has 82 valence electrons. The van der Waals surface area contributed by atoms with Crippen LogP contribution in [0.15, 0.2) is 26.8 Å². The fourth-order valence-corrected chi connectivity index (χ4v) is 1.21. The highest BCUT2D eigenvalue weighted by Gasteiger charge is 1.99. The molecule has 15 heavy (non-hydrogen) atoms. The number of aromatic amines is 2. The van der Waals surface area contributed by atoms with Crippen molar-refractivity contribution in [1.29, 1.82) is 0 Å². The van der Waals surface area contributed by atoms with Crippen molar-refractivity contribution in [2.45, 2.75) is 13.0 Å². The van der Waals surface area contributed by atoms with Crippen molar-refractivity contribution >= 4 is 15.9 Å². The fourth-order valence-electron chi connectivity index (χ4n) is 0.941. The molecule has 0 aromatic carbocycles. The molecule has 2 N–H and O–H groups in total. The molecule has 0 fully saturated rings. The van der Waals surface area contributed by atoms with Gasteiger partial charge in [-0.15, -0.1) is 0 Å². The van der Waals surface area contributed by atoms with Crippen molar-refractivity contribution < 1.29 is 4.74 Å². The highest BCUT2D eigenvalue weighted by molar-refractivity contribution is 9.11. The predicted molar refractivity (Wildman–Crippen MR) is 60.0 cm³/mol. The van der Waals surface area contributed by atoms with Crippen LogP contribution in [0.1, 0.15) is 12.0 Å². The Balaban J connectivity index is 2.44. The van der Waals surface area contributed by atoms with Gasteiger partial charge in [0.15, 0.2) is 0 Å². The van der Waals surface area contributed by atoms with Gasteiger partial charge < -0.3 is 9.72 Å². The number of aromatic nitrogens is 2. The maximum absolute atomic E-state index is 11.2. The molecule has 0 atom stereocenters. The summed E-state index contributed by atoms with van der Waals surface area (Å²) in [6.07, 6.45) is 4.03. The van der Waals surface area contributed by atoms with Gasteiger partial charge in [0.25, 0.3) is 5.56 Å². The molecular weight excluding hydrogens is 264 g/mol. The highest BCUT2D eigenvalue weighted by Crippen LogP contribution is 1.93. The van der Waals surface area contributed by atoms with Crippen LogP contribution < -0.4 is 11.2 Å². The Morgan fingerprint density at radius 2 is 2.27 bits per heavy atom. The van der Waals surface area contributed by atoms with E-state index in [1.54, 1.807) is 4.99 Å². The average Bonchev–Trinajstić information content (AvgIpc) is 2.20. The number of ether oxygens (including phenoxy) is 1. The molecule has 0 radical (unpaired) electrons. The standard InChI is InChI=1S/C9H11BrN2O3/c10-3-1-2-4-15-6-7-5-11-9(14)12-8(7)13/h1,3,5H,2,4,6H2,(H2,11,12,13,14). The summed E-state index contributed by atoms with van der Waals surface area (Å²) in [6, 6.07) is 0. The van der Waals surface area contributed by atoms with Crippen molar-refractivity contribution in [3.05, 3.63) is 43.7 Å². The van der Waals surface area contributed by atoms with E-state index in [9.17, 15) is 9.59 Å². The second-order valence-corrected chi connectivity index (χ2v) is 3.33. The number of hydrogen-bond acceptors (Lipinski definition) is 3. The molecule has 0 bridgehead atoms. The van der Waals surface area contributed by atoms with Gasteiger partial charge in [0, 0.05) is 6.20 Å². The van der Waals surface area contributed by atoms with Gasteiger partial charge >= 0.3 is 5.69 Å². The van der Waals surface area contributed by atoms with E-state index in [1.807, 2.05) is 6.08 Å². The molecule has 0 saturated heterocycles. The Bertz CT molecular complexity index is 435. The Labute approximate surface area is 94.3 Å². The average molecular weight is 275 g/mol. The van der Waals surface area contributed by atoms with Crippen LogP contribution in [0.25, 0.3) is 0 Å². The van der Waals surface area contributed by atoms with Crippen LogP contribution in [-0.4, -0.2) is 16.6 Å². The molecule has 1 heterocycles. The van der Waals surface area contributed by atoms with E-state index in [0.29, 0.717) is 12.2 Å². The summed E-state index contributed by atoms with van der Waals surface area (Å²) < 4.78 is 5.23. The first kappa shape index (κ1) is 11.9. The van der Waals surface area contributed by atoms with Gasteiger partial charge in [-0.2, -0.15) is 0 Å². The van der Waals surface area contributed by atoms with Crippen molar-refractivity contribution in [1.82, 2.24) is 9.97 Å². The van der Waals surface area contributed by atoms with Crippen molar-refractivity contribution in [3.63, 3.8) is 0 Å². The van der Waals surface area contributed by atoms with Crippen LogP contribution in [0, 0.1) is 0 Å². The number of H-pyrrole nitrogens is 2. The molecular formula is C9H11BrN2O3. The van der Waals surface area contributed by atoms with Crippen LogP contribution in [0.2, 0.25) is 0 Å². The van der Waals surface area contributed by atoms with E-state index < -0.39 is 11.2 Å². The second-order valence-electron chi connectivity index (χ2n) is 2.80. The maximum atomic E-state index is 11.2. The van der Waals surface area contributed by atoms with E-state index in [-0.39, 0.29) is 6.61 Å². The molecule has 6 heteroatoms. The van der Waals surface area contributed by atoms with Gasteiger partial charge in [-0.05, 0) is 11.4 Å². The van der Waals surface area contributed by atoms with E-state index in [1.165, 1.54) is 6.20 Å². The van der Waals surface area contributed by atoms with Gasteiger partial charge in [0.2, 0.25) is 0 Å². The van der Waals surface area contributed by atoms with Crippen molar-refractivity contribution in [2.75, 3.05) is 6.61 Å². The van der Waals surface area contributed by atoms with Crippen LogP contribution in [-0.2, 0) is 11.3 Å². The SMILES string of the molecule is O=c1[nH]cc(COCCC=CBr)c(=O)[nH]1. The first-order valence-electron chi connectivity index (χ1n) is 4.38. The first-order chi connectivity index (χ1) is 7.24. The molecule has 1 aromatic heterocycles. The number of rotatable bonds is 5. The molecule has 0 aliphatic carbocycles. The Hall–Kier alpha value is -1.14. The summed E-state index contributed by atoms with van der Waals surface area (Å²) in [5.41, 5.74) is -0.502. The van der Waals surface area contributed by atoms with Crippen LogP contribution in [0.3, 0.4) is 0 Å². The summed E-state index contributed by atoms with van der Waals surface area (Å²) in [6.45, 7) is 0.725. The van der Waals surface area contributed by atoms with E-state index in [4.69, 9.17) is 4.74 Å². The normalized spacial score (nSPS) is 11.0. The van der Waals surface area contributed by atoms with Gasteiger partial charge in [-0.3, -0.25) is 9.78 Å². The lowest BCUT2D eigenvalue weighted by Gasteiger charge is -2.00. The number of halogens is 1. The minimum absolute atomic E-state index is 0.197.